The van der Waals surface area contributed by atoms with E-state index in [9.17, 15) is 4.79 Å². The predicted octanol–water partition coefficient (Wildman–Crippen LogP) is 6.02. The summed E-state index contributed by atoms with van der Waals surface area (Å²) in [5.41, 5.74) is 2.70. The molecule has 0 heterocycles. The molecular formula is C24H19Cl2NO4. The molecule has 0 amide bonds. The highest BCUT2D eigenvalue weighted by atomic mass is 35.5. The molecule has 31 heavy (non-hydrogen) atoms. The van der Waals surface area contributed by atoms with Crippen LogP contribution in [0.4, 0.5) is 0 Å². The van der Waals surface area contributed by atoms with Gasteiger partial charge in [-0.15, -0.1) is 0 Å². The fourth-order valence-corrected chi connectivity index (χ4v) is 2.98. The van der Waals surface area contributed by atoms with Crippen LogP contribution in [0.25, 0.3) is 6.08 Å². The van der Waals surface area contributed by atoms with E-state index in [2.05, 4.69) is 5.16 Å². The van der Waals surface area contributed by atoms with Crippen molar-refractivity contribution in [2.45, 2.75) is 0 Å². The number of carbonyl (C=O) groups is 1. The van der Waals surface area contributed by atoms with Crippen molar-refractivity contribution in [3.8, 4) is 11.5 Å². The Morgan fingerprint density at radius 1 is 0.806 bits per heavy atom. The molecule has 7 heteroatoms. The van der Waals surface area contributed by atoms with Gasteiger partial charge in [-0.25, -0.2) is 4.79 Å². The monoisotopic (exact) mass is 455 g/mol. The second-order valence-corrected chi connectivity index (χ2v) is 7.18. The summed E-state index contributed by atoms with van der Waals surface area (Å²) in [5.74, 6) is 0.529. The van der Waals surface area contributed by atoms with Crippen molar-refractivity contribution in [2.24, 2.45) is 5.16 Å². The summed E-state index contributed by atoms with van der Waals surface area (Å²) in [6.07, 6.45) is 2.89. The van der Waals surface area contributed by atoms with Crippen LogP contribution in [-0.2, 0) is 9.63 Å². The van der Waals surface area contributed by atoms with Crippen LogP contribution in [0, 0.1) is 0 Å². The number of halogens is 2. The van der Waals surface area contributed by atoms with Crippen LogP contribution >= 0.6 is 23.2 Å². The van der Waals surface area contributed by atoms with Gasteiger partial charge in [0.1, 0.15) is 5.71 Å². The molecule has 0 bridgehead atoms. The number of benzene rings is 3. The first-order chi connectivity index (χ1) is 15.0. The van der Waals surface area contributed by atoms with Crippen LogP contribution in [0.3, 0.4) is 0 Å². The van der Waals surface area contributed by atoms with Crippen molar-refractivity contribution in [2.75, 3.05) is 14.2 Å². The number of methoxy groups -OCH3 is 2. The normalized spacial score (nSPS) is 10.6. The molecule has 0 aliphatic carbocycles. The van der Waals surface area contributed by atoms with Gasteiger partial charge >= 0.3 is 5.97 Å². The highest BCUT2D eigenvalue weighted by molar-refractivity contribution is 6.31. The van der Waals surface area contributed by atoms with E-state index < -0.39 is 5.97 Å². The number of nitrogens with zero attached hydrogens (tertiary/aromatic N) is 1. The summed E-state index contributed by atoms with van der Waals surface area (Å²) >= 11 is 12.0. The molecule has 0 atom stereocenters. The summed E-state index contributed by atoms with van der Waals surface area (Å²) in [7, 11) is 3.10. The van der Waals surface area contributed by atoms with Gasteiger partial charge < -0.3 is 14.3 Å². The number of carbonyl (C=O) groups excluding carboxylic acids is 1. The molecule has 5 nitrogen and oxygen atoms in total. The zero-order valence-corrected chi connectivity index (χ0v) is 18.4. The number of ether oxygens (including phenoxy) is 2. The Kier molecular flexibility index (Phi) is 7.70. The van der Waals surface area contributed by atoms with Gasteiger partial charge in [0.05, 0.1) is 14.2 Å². The van der Waals surface area contributed by atoms with Crippen LogP contribution in [0.5, 0.6) is 11.5 Å². The minimum atomic E-state index is -0.629. The summed E-state index contributed by atoms with van der Waals surface area (Å²) in [4.78, 5) is 17.4. The molecule has 0 aromatic heterocycles. The van der Waals surface area contributed by atoms with Crippen LogP contribution in [-0.4, -0.2) is 25.9 Å². The van der Waals surface area contributed by atoms with Gasteiger partial charge in [0.25, 0.3) is 0 Å². The zero-order valence-electron chi connectivity index (χ0n) is 16.8. The van der Waals surface area contributed by atoms with E-state index in [0.29, 0.717) is 27.3 Å². The average molecular weight is 456 g/mol. The Morgan fingerprint density at radius 2 is 1.35 bits per heavy atom. The van der Waals surface area contributed by atoms with Gasteiger partial charge in [-0.3, -0.25) is 0 Å². The first-order valence-corrected chi connectivity index (χ1v) is 9.96. The zero-order chi connectivity index (χ0) is 22.2. The van der Waals surface area contributed by atoms with Crippen LogP contribution in [0.1, 0.15) is 16.7 Å². The van der Waals surface area contributed by atoms with Crippen molar-refractivity contribution in [1.29, 1.82) is 0 Å². The molecule has 3 rings (SSSR count). The maximum absolute atomic E-state index is 12.3. The molecule has 0 saturated heterocycles. The number of hydrogen-bond acceptors (Lipinski definition) is 5. The second kappa shape index (κ2) is 10.7. The van der Waals surface area contributed by atoms with Crippen molar-refractivity contribution in [3.05, 3.63) is 99.5 Å². The maximum Gasteiger partial charge on any atom is 0.358 e. The Labute approximate surface area is 190 Å². The first-order valence-electron chi connectivity index (χ1n) is 9.21. The molecule has 0 unspecified atom stereocenters. The first kappa shape index (κ1) is 22.4. The summed E-state index contributed by atoms with van der Waals surface area (Å²) in [6, 6.07) is 19.4. The molecule has 0 spiro atoms. The number of oxime groups is 1. The summed E-state index contributed by atoms with van der Waals surface area (Å²) in [6.45, 7) is 0. The van der Waals surface area contributed by atoms with Gasteiger partial charge in [0.15, 0.2) is 11.5 Å². The van der Waals surface area contributed by atoms with E-state index in [1.165, 1.54) is 6.08 Å². The Hall–Kier alpha value is -3.28. The van der Waals surface area contributed by atoms with Crippen LogP contribution < -0.4 is 9.47 Å². The molecule has 3 aromatic rings. The van der Waals surface area contributed by atoms with E-state index in [-0.39, 0.29) is 0 Å². The molecule has 0 aliphatic heterocycles. The Morgan fingerprint density at radius 3 is 1.87 bits per heavy atom. The Bertz CT molecular complexity index is 1060. The number of rotatable bonds is 7. The third kappa shape index (κ3) is 6.10. The fourth-order valence-electron chi connectivity index (χ4n) is 2.73. The van der Waals surface area contributed by atoms with Gasteiger partial charge in [0, 0.05) is 27.2 Å². The van der Waals surface area contributed by atoms with Crippen LogP contribution in [0.15, 0.2) is 78.0 Å². The second-order valence-electron chi connectivity index (χ2n) is 6.31. The highest BCUT2D eigenvalue weighted by Gasteiger charge is 2.10. The topological polar surface area (TPSA) is 57.1 Å². The van der Waals surface area contributed by atoms with E-state index in [0.717, 1.165) is 16.7 Å². The molecule has 158 valence electrons. The lowest BCUT2D eigenvalue weighted by atomic mass is 10.0. The van der Waals surface area contributed by atoms with Gasteiger partial charge in [-0.1, -0.05) is 58.7 Å². The van der Waals surface area contributed by atoms with Crippen molar-refractivity contribution < 1.29 is 19.1 Å². The SMILES string of the molecule is COc1ccc(/C=C/C(=O)ON=C(c2ccc(Cl)cc2)c2ccc(Cl)cc2)cc1OC. The molecular weight excluding hydrogens is 437 g/mol. The standard InChI is InChI=1S/C24H19Cl2NO4/c1-29-21-13-3-16(15-22(21)30-2)4-14-23(28)31-27-24(17-5-9-19(25)10-6-17)18-7-11-20(26)12-8-18/h3-15H,1-2H3/b14-4+. The predicted molar refractivity (Wildman–Crippen MR) is 123 cm³/mol. The minimum absolute atomic E-state index is 0.473. The number of hydrogen-bond donors (Lipinski definition) is 0. The molecule has 0 radical (unpaired) electrons. The fraction of sp³-hybridized carbons (Fsp3) is 0.0833. The summed E-state index contributed by atoms with van der Waals surface area (Å²) < 4.78 is 10.5. The lowest BCUT2D eigenvalue weighted by Gasteiger charge is -2.08. The smallest absolute Gasteiger partial charge is 0.358 e. The maximum atomic E-state index is 12.3. The average Bonchev–Trinajstić information content (AvgIpc) is 2.79. The van der Waals surface area contributed by atoms with Gasteiger partial charge in [0.2, 0.25) is 0 Å². The van der Waals surface area contributed by atoms with E-state index >= 15 is 0 Å². The van der Waals surface area contributed by atoms with E-state index in [1.807, 2.05) is 0 Å². The van der Waals surface area contributed by atoms with Crippen molar-refractivity contribution in [3.63, 3.8) is 0 Å². The minimum Gasteiger partial charge on any atom is -0.493 e. The molecule has 3 aromatic carbocycles. The highest BCUT2D eigenvalue weighted by Crippen LogP contribution is 2.28. The lowest BCUT2D eigenvalue weighted by Crippen LogP contribution is -2.06. The summed E-state index contributed by atoms with van der Waals surface area (Å²) in [5, 5.41) is 5.27. The molecule has 0 aliphatic rings. The quantitative estimate of drug-likeness (QED) is 0.189. The van der Waals surface area contributed by atoms with Crippen LogP contribution in [0.2, 0.25) is 10.0 Å². The third-order valence-electron chi connectivity index (χ3n) is 4.28. The van der Waals surface area contributed by atoms with Crippen molar-refractivity contribution in [1.82, 2.24) is 0 Å². The van der Waals surface area contributed by atoms with Gasteiger partial charge in [-0.2, -0.15) is 0 Å². The van der Waals surface area contributed by atoms with Gasteiger partial charge in [-0.05, 0) is 48.0 Å². The van der Waals surface area contributed by atoms with E-state index in [1.54, 1.807) is 87.0 Å². The lowest BCUT2D eigenvalue weighted by molar-refractivity contribution is -0.137. The van der Waals surface area contributed by atoms with E-state index in [4.69, 9.17) is 37.5 Å². The molecule has 0 N–H and O–H groups in total. The largest absolute Gasteiger partial charge is 0.493 e. The molecule has 0 fully saturated rings. The third-order valence-corrected chi connectivity index (χ3v) is 4.79. The van der Waals surface area contributed by atoms with Crippen molar-refractivity contribution >= 4 is 41.0 Å². The molecule has 0 saturated carbocycles. The Balaban J connectivity index is 1.81.